The van der Waals surface area contributed by atoms with Gasteiger partial charge in [-0.1, -0.05) is 42.5 Å². The molecule has 138 valence electrons. The van der Waals surface area contributed by atoms with E-state index in [2.05, 4.69) is 0 Å². The number of hydrogen-bond donors (Lipinski definition) is 0. The van der Waals surface area contributed by atoms with Crippen molar-refractivity contribution in [2.24, 2.45) is 0 Å². The fourth-order valence-corrected chi connectivity index (χ4v) is 4.68. The van der Waals surface area contributed by atoms with E-state index in [1.807, 2.05) is 43.3 Å². The van der Waals surface area contributed by atoms with Gasteiger partial charge in [0.05, 0.1) is 4.90 Å². The Morgan fingerprint density at radius 1 is 0.962 bits per heavy atom. The Morgan fingerprint density at radius 3 is 2.31 bits per heavy atom. The maximum Gasteiger partial charge on any atom is 0.243 e. The van der Waals surface area contributed by atoms with Gasteiger partial charge in [-0.3, -0.25) is 4.79 Å². The number of carbonyl (C=O) groups is 1. The number of sulfonamides is 1. The quantitative estimate of drug-likeness (QED) is 0.810. The molecule has 0 unspecified atom stereocenters. The van der Waals surface area contributed by atoms with Crippen molar-refractivity contribution >= 4 is 15.9 Å². The molecule has 26 heavy (non-hydrogen) atoms. The first-order valence-electron chi connectivity index (χ1n) is 8.85. The summed E-state index contributed by atoms with van der Waals surface area (Å²) < 4.78 is 27.0. The van der Waals surface area contributed by atoms with Crippen molar-refractivity contribution in [1.82, 2.24) is 9.21 Å². The van der Waals surface area contributed by atoms with Gasteiger partial charge in [0.15, 0.2) is 0 Å². The molecule has 0 saturated carbocycles. The Balaban J connectivity index is 1.56. The summed E-state index contributed by atoms with van der Waals surface area (Å²) in [5.74, 6) is 0.0847. The number of benzene rings is 2. The van der Waals surface area contributed by atoms with E-state index in [1.54, 1.807) is 23.1 Å². The number of hydrogen-bond acceptors (Lipinski definition) is 3. The zero-order valence-electron chi connectivity index (χ0n) is 15.0. The van der Waals surface area contributed by atoms with Crippen LogP contribution in [0.15, 0.2) is 59.5 Å². The zero-order valence-corrected chi connectivity index (χ0v) is 15.8. The van der Waals surface area contributed by atoms with Gasteiger partial charge in [-0.05, 0) is 36.6 Å². The lowest BCUT2D eigenvalue weighted by Crippen LogP contribution is -2.50. The highest BCUT2D eigenvalue weighted by Gasteiger charge is 2.29. The molecule has 1 heterocycles. The average molecular weight is 372 g/mol. The van der Waals surface area contributed by atoms with Gasteiger partial charge in [0, 0.05) is 32.6 Å². The number of piperazine rings is 1. The van der Waals surface area contributed by atoms with E-state index in [4.69, 9.17) is 0 Å². The lowest BCUT2D eigenvalue weighted by Gasteiger charge is -2.34. The summed E-state index contributed by atoms with van der Waals surface area (Å²) in [6, 6.07) is 16.9. The summed E-state index contributed by atoms with van der Waals surface area (Å²) >= 11 is 0. The first kappa shape index (κ1) is 18.6. The van der Waals surface area contributed by atoms with Crippen molar-refractivity contribution in [3.8, 4) is 0 Å². The molecule has 6 heteroatoms. The zero-order chi connectivity index (χ0) is 18.6. The van der Waals surface area contributed by atoms with Crippen molar-refractivity contribution in [2.75, 3.05) is 26.2 Å². The molecule has 1 amide bonds. The van der Waals surface area contributed by atoms with Crippen LogP contribution in [-0.4, -0.2) is 49.7 Å². The second kappa shape index (κ2) is 8.01. The van der Waals surface area contributed by atoms with Crippen LogP contribution in [0, 0.1) is 6.92 Å². The van der Waals surface area contributed by atoms with E-state index in [0.29, 0.717) is 43.9 Å². The molecule has 0 bridgehead atoms. The van der Waals surface area contributed by atoms with Crippen LogP contribution in [0.1, 0.15) is 17.5 Å². The van der Waals surface area contributed by atoms with Crippen molar-refractivity contribution < 1.29 is 13.2 Å². The third kappa shape index (κ3) is 4.31. The Bertz CT molecular complexity index is 858. The number of aryl methyl sites for hydroxylation is 2. The molecule has 0 aromatic heterocycles. The standard InChI is InChI=1S/C20H24N2O3S/c1-17-6-5-9-19(16-17)26(24,25)22-14-12-21(13-15-22)20(23)11-10-18-7-3-2-4-8-18/h2-9,16H,10-15H2,1H3. The average Bonchev–Trinajstić information content (AvgIpc) is 2.67. The van der Waals surface area contributed by atoms with Crippen molar-refractivity contribution in [1.29, 1.82) is 0 Å². The summed E-state index contributed by atoms with van der Waals surface area (Å²) in [6.45, 7) is 3.44. The molecule has 2 aromatic rings. The summed E-state index contributed by atoms with van der Waals surface area (Å²) in [7, 11) is -3.49. The fraction of sp³-hybridized carbons (Fsp3) is 0.350. The third-order valence-corrected chi connectivity index (χ3v) is 6.58. The molecule has 2 aromatic carbocycles. The van der Waals surface area contributed by atoms with Crippen molar-refractivity contribution in [3.05, 3.63) is 65.7 Å². The van der Waals surface area contributed by atoms with Gasteiger partial charge in [0.1, 0.15) is 0 Å². The number of amides is 1. The highest BCUT2D eigenvalue weighted by Crippen LogP contribution is 2.19. The summed E-state index contributed by atoms with van der Waals surface area (Å²) in [4.78, 5) is 14.5. The largest absolute Gasteiger partial charge is 0.340 e. The predicted octanol–water partition coefficient (Wildman–Crippen LogP) is 2.46. The van der Waals surface area contributed by atoms with E-state index in [0.717, 1.165) is 11.1 Å². The topological polar surface area (TPSA) is 57.7 Å². The molecular weight excluding hydrogens is 348 g/mol. The summed E-state index contributed by atoms with van der Waals surface area (Å²) in [6.07, 6.45) is 1.16. The van der Waals surface area contributed by atoms with Crippen LogP contribution < -0.4 is 0 Å². The second-order valence-corrected chi connectivity index (χ2v) is 8.52. The van der Waals surface area contributed by atoms with Crippen molar-refractivity contribution in [3.63, 3.8) is 0 Å². The van der Waals surface area contributed by atoms with Crippen LogP contribution in [0.5, 0.6) is 0 Å². The molecule has 0 N–H and O–H groups in total. The Hall–Kier alpha value is -2.18. The minimum atomic E-state index is -3.49. The van der Waals surface area contributed by atoms with Crippen LogP contribution in [0.3, 0.4) is 0 Å². The highest BCUT2D eigenvalue weighted by atomic mass is 32.2. The molecule has 1 saturated heterocycles. The Kier molecular flexibility index (Phi) is 5.74. The maximum absolute atomic E-state index is 12.7. The molecule has 5 nitrogen and oxygen atoms in total. The smallest absolute Gasteiger partial charge is 0.243 e. The number of nitrogens with zero attached hydrogens (tertiary/aromatic N) is 2. The SMILES string of the molecule is Cc1cccc(S(=O)(=O)N2CCN(C(=O)CCc3ccccc3)CC2)c1. The molecule has 3 rings (SSSR count). The lowest BCUT2D eigenvalue weighted by atomic mass is 10.1. The molecule has 0 atom stereocenters. The van der Waals surface area contributed by atoms with E-state index >= 15 is 0 Å². The molecule has 1 aliphatic rings. The van der Waals surface area contributed by atoms with Crippen molar-refractivity contribution in [2.45, 2.75) is 24.7 Å². The van der Waals surface area contributed by atoms with Crippen LogP contribution in [0.4, 0.5) is 0 Å². The van der Waals surface area contributed by atoms with Gasteiger partial charge in [0.25, 0.3) is 0 Å². The van der Waals surface area contributed by atoms with Gasteiger partial charge >= 0.3 is 0 Å². The molecule has 0 aliphatic carbocycles. The first-order valence-corrected chi connectivity index (χ1v) is 10.3. The van der Waals surface area contributed by atoms with Gasteiger partial charge < -0.3 is 4.90 Å². The highest BCUT2D eigenvalue weighted by molar-refractivity contribution is 7.89. The van der Waals surface area contributed by atoms with Gasteiger partial charge in [0.2, 0.25) is 15.9 Å². The maximum atomic E-state index is 12.7. The summed E-state index contributed by atoms with van der Waals surface area (Å²) in [5, 5.41) is 0. The first-order chi connectivity index (χ1) is 12.5. The van der Waals surface area contributed by atoms with E-state index in [-0.39, 0.29) is 5.91 Å². The second-order valence-electron chi connectivity index (χ2n) is 6.59. The molecule has 1 aliphatic heterocycles. The third-order valence-electron chi connectivity index (χ3n) is 4.69. The van der Waals surface area contributed by atoms with Crippen LogP contribution >= 0.6 is 0 Å². The summed E-state index contributed by atoms with van der Waals surface area (Å²) in [5.41, 5.74) is 2.06. The predicted molar refractivity (Wildman–Crippen MR) is 101 cm³/mol. The van der Waals surface area contributed by atoms with Gasteiger partial charge in [-0.2, -0.15) is 4.31 Å². The molecule has 1 fully saturated rings. The molecule has 0 spiro atoms. The van der Waals surface area contributed by atoms with Crippen LogP contribution in [0.25, 0.3) is 0 Å². The minimum Gasteiger partial charge on any atom is -0.340 e. The fourth-order valence-electron chi connectivity index (χ4n) is 3.16. The lowest BCUT2D eigenvalue weighted by molar-refractivity contribution is -0.132. The molecule has 0 radical (unpaired) electrons. The van der Waals surface area contributed by atoms with E-state index in [1.165, 1.54) is 4.31 Å². The van der Waals surface area contributed by atoms with Gasteiger partial charge in [-0.25, -0.2) is 8.42 Å². The van der Waals surface area contributed by atoms with E-state index in [9.17, 15) is 13.2 Å². The Morgan fingerprint density at radius 2 is 1.65 bits per heavy atom. The van der Waals surface area contributed by atoms with Gasteiger partial charge in [-0.15, -0.1) is 0 Å². The minimum absolute atomic E-state index is 0.0847. The van der Waals surface area contributed by atoms with Crippen LogP contribution in [0.2, 0.25) is 0 Å². The van der Waals surface area contributed by atoms with Crippen LogP contribution in [-0.2, 0) is 21.2 Å². The monoisotopic (exact) mass is 372 g/mol. The Labute approximate surface area is 155 Å². The number of carbonyl (C=O) groups excluding carboxylic acids is 1. The number of rotatable bonds is 5. The normalized spacial score (nSPS) is 15.8. The molecular formula is C20H24N2O3S. The van der Waals surface area contributed by atoms with E-state index < -0.39 is 10.0 Å².